The van der Waals surface area contributed by atoms with E-state index in [1.807, 2.05) is 35.3 Å². The van der Waals surface area contributed by atoms with Crippen molar-refractivity contribution in [3.63, 3.8) is 0 Å². The van der Waals surface area contributed by atoms with E-state index in [2.05, 4.69) is 34.2 Å². The van der Waals surface area contributed by atoms with Crippen LogP contribution in [0.3, 0.4) is 0 Å². The minimum atomic E-state index is 0.728. The summed E-state index contributed by atoms with van der Waals surface area (Å²) in [6.45, 7) is 4.34. The molecule has 1 atom stereocenters. The molecule has 23 heavy (non-hydrogen) atoms. The van der Waals surface area contributed by atoms with Gasteiger partial charge in [0.15, 0.2) is 10.8 Å². The first-order valence-corrected chi connectivity index (χ1v) is 9.13. The van der Waals surface area contributed by atoms with E-state index < -0.39 is 0 Å². The number of rotatable bonds is 3. The lowest BCUT2D eigenvalue weighted by molar-refractivity contribution is 0.224. The summed E-state index contributed by atoms with van der Waals surface area (Å²) in [5, 5.41) is 6.57. The molecule has 4 rings (SSSR count). The molecule has 0 radical (unpaired) electrons. The first-order valence-electron chi connectivity index (χ1n) is 8.14. The van der Waals surface area contributed by atoms with Gasteiger partial charge in [-0.05, 0) is 51.4 Å². The van der Waals surface area contributed by atoms with Crippen LogP contribution >= 0.6 is 11.8 Å². The Kier molecular flexibility index (Phi) is 3.95. The highest BCUT2D eigenvalue weighted by Gasteiger charge is 2.19. The molecule has 5 nitrogen and oxygen atoms in total. The van der Waals surface area contributed by atoms with Crippen molar-refractivity contribution in [2.45, 2.75) is 24.9 Å². The lowest BCUT2D eigenvalue weighted by atomic mass is 10.0. The molecule has 0 aliphatic carbocycles. The zero-order valence-corrected chi connectivity index (χ0v) is 14.4. The minimum absolute atomic E-state index is 0.728. The summed E-state index contributed by atoms with van der Waals surface area (Å²) in [7, 11) is 2.21. The van der Waals surface area contributed by atoms with Crippen molar-refractivity contribution in [1.82, 2.24) is 24.5 Å². The van der Waals surface area contributed by atoms with Crippen molar-refractivity contribution in [3.05, 3.63) is 30.1 Å². The third-order valence-corrected chi connectivity index (χ3v) is 5.59. The van der Waals surface area contributed by atoms with Gasteiger partial charge in [-0.25, -0.2) is 9.97 Å². The SMILES string of the molecule is Cc1nc2c3ccccc3nc(SC[C@H]3CCCN(C)C3)n2n1. The van der Waals surface area contributed by atoms with E-state index in [0.717, 1.165) is 39.2 Å². The van der Waals surface area contributed by atoms with E-state index in [1.54, 1.807) is 0 Å². The molecule has 1 aliphatic rings. The van der Waals surface area contributed by atoms with E-state index in [1.165, 1.54) is 25.9 Å². The van der Waals surface area contributed by atoms with E-state index in [4.69, 9.17) is 4.98 Å². The summed E-state index contributed by atoms with van der Waals surface area (Å²) < 4.78 is 1.91. The number of hydrogen-bond donors (Lipinski definition) is 0. The molecule has 0 amide bonds. The fourth-order valence-electron chi connectivity index (χ4n) is 3.33. The average molecular weight is 327 g/mol. The standard InChI is InChI=1S/C17H21N5S/c1-12-18-16-14-7-3-4-8-15(14)19-17(22(16)20-12)23-11-13-6-5-9-21(2)10-13/h3-4,7-8,13H,5-6,9-11H2,1-2H3/t13-/m0/s1. The number of likely N-dealkylation sites (tertiary alicyclic amines) is 1. The number of fused-ring (bicyclic) bond motifs is 3. The summed E-state index contributed by atoms with van der Waals surface area (Å²) in [6.07, 6.45) is 2.61. The molecule has 120 valence electrons. The van der Waals surface area contributed by atoms with Gasteiger partial charge in [0.05, 0.1) is 5.52 Å². The number of aryl methyl sites for hydroxylation is 1. The van der Waals surface area contributed by atoms with Gasteiger partial charge in [-0.3, -0.25) is 0 Å². The van der Waals surface area contributed by atoms with Gasteiger partial charge in [0.1, 0.15) is 5.82 Å². The molecule has 1 saturated heterocycles. The Balaban J connectivity index is 1.67. The van der Waals surface area contributed by atoms with Crippen molar-refractivity contribution in [2.24, 2.45) is 5.92 Å². The number of thioether (sulfide) groups is 1. The quantitative estimate of drug-likeness (QED) is 0.546. The Hall–Kier alpha value is -1.66. The van der Waals surface area contributed by atoms with Crippen molar-refractivity contribution < 1.29 is 0 Å². The van der Waals surface area contributed by atoms with Crippen molar-refractivity contribution in [2.75, 3.05) is 25.9 Å². The Morgan fingerprint density at radius 1 is 1.26 bits per heavy atom. The lowest BCUT2D eigenvalue weighted by Crippen LogP contribution is -2.33. The Morgan fingerprint density at radius 2 is 2.13 bits per heavy atom. The molecule has 1 aromatic carbocycles. The van der Waals surface area contributed by atoms with Crippen molar-refractivity contribution >= 4 is 28.3 Å². The second kappa shape index (κ2) is 6.09. The Bertz CT molecular complexity index is 843. The number of nitrogens with zero attached hydrogens (tertiary/aromatic N) is 5. The maximum absolute atomic E-state index is 4.83. The summed E-state index contributed by atoms with van der Waals surface area (Å²) in [6, 6.07) is 8.17. The molecule has 0 bridgehead atoms. The highest BCUT2D eigenvalue weighted by atomic mass is 32.2. The Labute approximate surface area is 140 Å². The van der Waals surface area contributed by atoms with Crippen LogP contribution in [0.2, 0.25) is 0 Å². The molecule has 0 saturated carbocycles. The van der Waals surface area contributed by atoms with E-state index >= 15 is 0 Å². The molecule has 0 N–H and O–H groups in total. The summed E-state index contributed by atoms with van der Waals surface area (Å²) in [5.41, 5.74) is 1.91. The van der Waals surface area contributed by atoms with Gasteiger partial charge in [-0.2, -0.15) is 4.52 Å². The first kappa shape index (κ1) is 14.9. The molecule has 0 spiro atoms. The summed E-state index contributed by atoms with van der Waals surface area (Å²) in [5.74, 6) is 2.61. The summed E-state index contributed by atoms with van der Waals surface area (Å²) >= 11 is 1.81. The second-order valence-corrected chi connectivity index (χ2v) is 7.37. The van der Waals surface area contributed by atoms with Crippen molar-refractivity contribution in [1.29, 1.82) is 0 Å². The molecule has 0 unspecified atom stereocenters. The van der Waals surface area contributed by atoms with Crippen LogP contribution < -0.4 is 0 Å². The molecule has 2 aromatic heterocycles. The molecule has 6 heteroatoms. The number of piperidine rings is 1. The number of para-hydroxylation sites is 1. The van der Waals surface area contributed by atoms with Crippen LogP contribution in [0.25, 0.3) is 16.6 Å². The van der Waals surface area contributed by atoms with Crippen LogP contribution in [-0.2, 0) is 0 Å². The van der Waals surface area contributed by atoms with Crippen LogP contribution in [-0.4, -0.2) is 50.4 Å². The van der Waals surface area contributed by atoms with E-state index in [9.17, 15) is 0 Å². The maximum atomic E-state index is 4.83. The van der Waals surface area contributed by atoms with Gasteiger partial charge in [0, 0.05) is 17.7 Å². The fourth-order valence-corrected chi connectivity index (χ4v) is 4.40. The van der Waals surface area contributed by atoms with Gasteiger partial charge in [-0.15, -0.1) is 5.10 Å². The van der Waals surface area contributed by atoms with Crippen LogP contribution in [0.4, 0.5) is 0 Å². The highest BCUT2D eigenvalue weighted by Crippen LogP contribution is 2.27. The second-order valence-electron chi connectivity index (χ2n) is 6.39. The van der Waals surface area contributed by atoms with Gasteiger partial charge in [0.2, 0.25) is 0 Å². The summed E-state index contributed by atoms with van der Waals surface area (Å²) in [4.78, 5) is 11.9. The normalized spacial score (nSPS) is 19.7. The Morgan fingerprint density at radius 3 is 3.00 bits per heavy atom. The van der Waals surface area contributed by atoms with Crippen LogP contribution in [0.15, 0.2) is 29.4 Å². The zero-order valence-electron chi connectivity index (χ0n) is 13.6. The van der Waals surface area contributed by atoms with Crippen molar-refractivity contribution in [3.8, 4) is 0 Å². The molecule has 1 aliphatic heterocycles. The molecular formula is C17H21N5S. The predicted octanol–water partition coefficient (Wildman–Crippen LogP) is 3.02. The molecular weight excluding hydrogens is 306 g/mol. The zero-order chi connectivity index (χ0) is 15.8. The smallest absolute Gasteiger partial charge is 0.191 e. The number of benzene rings is 1. The molecule has 3 heterocycles. The van der Waals surface area contributed by atoms with Crippen LogP contribution in [0.5, 0.6) is 0 Å². The highest BCUT2D eigenvalue weighted by molar-refractivity contribution is 7.99. The van der Waals surface area contributed by atoms with Crippen LogP contribution in [0, 0.1) is 12.8 Å². The lowest BCUT2D eigenvalue weighted by Gasteiger charge is -2.29. The third kappa shape index (κ3) is 2.93. The van der Waals surface area contributed by atoms with Crippen LogP contribution in [0.1, 0.15) is 18.7 Å². The maximum Gasteiger partial charge on any atom is 0.191 e. The van der Waals surface area contributed by atoms with E-state index in [-0.39, 0.29) is 0 Å². The average Bonchev–Trinajstić information content (AvgIpc) is 2.94. The first-order chi connectivity index (χ1) is 11.2. The van der Waals surface area contributed by atoms with Gasteiger partial charge in [0.25, 0.3) is 0 Å². The van der Waals surface area contributed by atoms with Gasteiger partial charge < -0.3 is 4.90 Å². The minimum Gasteiger partial charge on any atom is -0.306 e. The fraction of sp³-hybridized carbons (Fsp3) is 0.471. The topological polar surface area (TPSA) is 46.3 Å². The molecule has 1 fully saturated rings. The predicted molar refractivity (Wildman–Crippen MR) is 94.0 cm³/mol. The number of aromatic nitrogens is 4. The third-order valence-electron chi connectivity index (χ3n) is 4.43. The van der Waals surface area contributed by atoms with Gasteiger partial charge in [-0.1, -0.05) is 23.9 Å². The molecule has 3 aromatic rings. The van der Waals surface area contributed by atoms with Gasteiger partial charge >= 0.3 is 0 Å². The van der Waals surface area contributed by atoms with E-state index in [0.29, 0.717) is 0 Å². The largest absolute Gasteiger partial charge is 0.306 e. The number of hydrogen-bond acceptors (Lipinski definition) is 5. The monoisotopic (exact) mass is 327 g/mol.